The van der Waals surface area contributed by atoms with Gasteiger partial charge in [0, 0.05) is 33.0 Å². The number of rotatable bonds is 3. The Labute approximate surface area is 303 Å². The molecule has 4 nitrogen and oxygen atoms in total. The summed E-state index contributed by atoms with van der Waals surface area (Å²) in [4.78, 5) is 15.6. The summed E-state index contributed by atoms with van der Waals surface area (Å²) in [6.07, 6.45) is 0. The fourth-order valence-corrected chi connectivity index (χ4v) is 8.58. The van der Waals surface area contributed by atoms with Gasteiger partial charge in [-0.1, -0.05) is 140 Å². The molecule has 0 saturated carbocycles. The number of hydrogen-bond acceptors (Lipinski definition) is 4. The van der Waals surface area contributed by atoms with E-state index in [1.807, 2.05) is 12.1 Å². The second kappa shape index (κ2) is 10.7. The maximum absolute atomic E-state index is 6.81. The first-order chi connectivity index (χ1) is 26.2. The van der Waals surface area contributed by atoms with Crippen molar-refractivity contribution in [1.82, 2.24) is 15.0 Å². The molecule has 53 heavy (non-hydrogen) atoms. The standard InChI is InChI=1S/C49H27N3O/c1-2-10-31-26-33(21-18-28(31)8-1)47-50-48(34-22-23-36-32(27-34)20-19-29-9-3-4-13-35(29)36)52-49(51-47)41-16-7-17-42-44(41)40-25-24-38-37-14-5-11-30-12-6-15-39(43(30)37)45(38)46(40)53-42/h1-27H. The number of benzene rings is 9. The molecule has 9 aromatic carbocycles. The van der Waals surface area contributed by atoms with Gasteiger partial charge in [-0.3, -0.25) is 0 Å². The third-order valence-corrected chi connectivity index (χ3v) is 11.0. The summed E-state index contributed by atoms with van der Waals surface area (Å²) in [7, 11) is 0. The Morgan fingerprint density at radius 1 is 0.340 bits per heavy atom. The minimum atomic E-state index is 0.607. The van der Waals surface area contributed by atoms with E-state index in [0.717, 1.165) is 55.0 Å². The van der Waals surface area contributed by atoms with Gasteiger partial charge in [-0.05, 0) is 84.0 Å². The molecule has 0 aliphatic heterocycles. The highest BCUT2D eigenvalue weighted by Gasteiger charge is 2.27. The molecule has 1 aliphatic carbocycles. The summed E-state index contributed by atoms with van der Waals surface area (Å²) in [6.45, 7) is 0. The highest BCUT2D eigenvalue weighted by molar-refractivity contribution is 6.24. The molecule has 0 atom stereocenters. The monoisotopic (exact) mass is 673 g/mol. The number of furan rings is 1. The first-order valence-corrected chi connectivity index (χ1v) is 17.9. The molecule has 244 valence electrons. The molecule has 0 radical (unpaired) electrons. The van der Waals surface area contributed by atoms with Crippen LogP contribution in [0.25, 0.3) is 121 Å². The fourth-order valence-electron chi connectivity index (χ4n) is 8.58. The molecule has 4 heteroatoms. The van der Waals surface area contributed by atoms with Crippen molar-refractivity contribution in [2.45, 2.75) is 0 Å². The van der Waals surface area contributed by atoms with Crippen LogP contribution in [0.1, 0.15) is 0 Å². The van der Waals surface area contributed by atoms with Crippen molar-refractivity contribution in [2.24, 2.45) is 0 Å². The van der Waals surface area contributed by atoms with Gasteiger partial charge in [0.1, 0.15) is 11.2 Å². The van der Waals surface area contributed by atoms with Crippen LogP contribution in [0, 0.1) is 0 Å². The molecule has 12 rings (SSSR count). The summed E-state index contributed by atoms with van der Waals surface area (Å²) < 4.78 is 6.81. The van der Waals surface area contributed by atoms with Crippen LogP contribution < -0.4 is 0 Å². The van der Waals surface area contributed by atoms with Crippen LogP contribution in [-0.2, 0) is 0 Å². The van der Waals surface area contributed by atoms with Crippen LogP contribution in [0.2, 0.25) is 0 Å². The second-order valence-electron chi connectivity index (χ2n) is 13.9. The van der Waals surface area contributed by atoms with Crippen molar-refractivity contribution >= 4 is 65.0 Å². The van der Waals surface area contributed by atoms with Crippen molar-refractivity contribution < 1.29 is 4.42 Å². The van der Waals surface area contributed by atoms with Gasteiger partial charge >= 0.3 is 0 Å². The Hall–Kier alpha value is -7.17. The molecule has 2 heterocycles. The summed E-state index contributed by atoms with van der Waals surface area (Å²) in [5.74, 6) is 1.86. The maximum atomic E-state index is 6.81. The van der Waals surface area contributed by atoms with Crippen LogP contribution in [0.4, 0.5) is 0 Å². The first kappa shape index (κ1) is 28.5. The molecule has 2 aromatic heterocycles. The van der Waals surface area contributed by atoms with Crippen molar-refractivity contribution in [3.8, 4) is 56.4 Å². The molecule has 0 fully saturated rings. The fraction of sp³-hybridized carbons (Fsp3) is 0. The van der Waals surface area contributed by atoms with Gasteiger partial charge in [-0.2, -0.15) is 0 Å². The van der Waals surface area contributed by atoms with Gasteiger partial charge in [-0.15, -0.1) is 0 Å². The molecular weight excluding hydrogens is 647 g/mol. The smallest absolute Gasteiger partial charge is 0.164 e. The van der Waals surface area contributed by atoms with Crippen molar-refractivity contribution in [3.63, 3.8) is 0 Å². The minimum absolute atomic E-state index is 0.607. The average Bonchev–Trinajstić information content (AvgIpc) is 3.77. The SMILES string of the molecule is c1ccc2cc(-c3nc(-c4ccc5c(ccc6ccccc65)c4)nc(-c4cccc5oc6c7c(ccc6c45)-c4cccc5cccc-7c45)n3)ccc2c1. The lowest BCUT2D eigenvalue weighted by molar-refractivity contribution is 0.670. The van der Waals surface area contributed by atoms with E-state index in [-0.39, 0.29) is 0 Å². The Morgan fingerprint density at radius 2 is 0.943 bits per heavy atom. The van der Waals surface area contributed by atoms with Gasteiger partial charge in [0.15, 0.2) is 17.5 Å². The van der Waals surface area contributed by atoms with Crippen LogP contribution in [0.3, 0.4) is 0 Å². The van der Waals surface area contributed by atoms with Gasteiger partial charge in [0.05, 0.1) is 0 Å². The van der Waals surface area contributed by atoms with Crippen LogP contribution in [0.15, 0.2) is 168 Å². The van der Waals surface area contributed by atoms with Crippen molar-refractivity contribution in [2.75, 3.05) is 0 Å². The largest absolute Gasteiger partial charge is 0.455 e. The molecule has 0 bridgehead atoms. The van der Waals surface area contributed by atoms with Crippen LogP contribution in [0.5, 0.6) is 0 Å². The predicted molar refractivity (Wildman–Crippen MR) is 218 cm³/mol. The first-order valence-electron chi connectivity index (χ1n) is 17.9. The van der Waals surface area contributed by atoms with Gasteiger partial charge in [0.25, 0.3) is 0 Å². The Morgan fingerprint density at radius 3 is 1.81 bits per heavy atom. The predicted octanol–water partition coefficient (Wildman–Crippen LogP) is 13.0. The van der Waals surface area contributed by atoms with E-state index in [0.29, 0.717) is 17.5 Å². The molecule has 0 N–H and O–H groups in total. The summed E-state index contributed by atoms with van der Waals surface area (Å²) in [5.41, 5.74) is 9.29. The zero-order valence-electron chi connectivity index (χ0n) is 28.3. The van der Waals surface area contributed by atoms with E-state index in [1.165, 1.54) is 49.0 Å². The van der Waals surface area contributed by atoms with Gasteiger partial charge in [-0.25, -0.2) is 15.0 Å². The third kappa shape index (κ3) is 4.15. The summed E-state index contributed by atoms with van der Waals surface area (Å²) >= 11 is 0. The average molecular weight is 674 g/mol. The van der Waals surface area contributed by atoms with Crippen molar-refractivity contribution in [1.29, 1.82) is 0 Å². The van der Waals surface area contributed by atoms with E-state index >= 15 is 0 Å². The van der Waals surface area contributed by atoms with E-state index < -0.39 is 0 Å². The normalized spacial score (nSPS) is 12.2. The van der Waals surface area contributed by atoms with Crippen molar-refractivity contribution in [3.05, 3.63) is 164 Å². The lowest BCUT2D eigenvalue weighted by Crippen LogP contribution is -2.00. The number of hydrogen-bond donors (Lipinski definition) is 0. The summed E-state index contributed by atoms with van der Waals surface area (Å²) in [6, 6.07) is 57.9. The molecule has 0 saturated heterocycles. The van der Waals surface area contributed by atoms with E-state index in [9.17, 15) is 0 Å². The number of fused-ring (bicyclic) bond motifs is 11. The molecular formula is C49H27N3O. The molecule has 0 amide bonds. The maximum Gasteiger partial charge on any atom is 0.164 e. The van der Waals surface area contributed by atoms with E-state index in [4.69, 9.17) is 19.4 Å². The minimum Gasteiger partial charge on any atom is -0.455 e. The molecule has 11 aromatic rings. The Balaban J connectivity index is 1.10. The van der Waals surface area contributed by atoms with E-state index in [1.54, 1.807) is 0 Å². The third-order valence-electron chi connectivity index (χ3n) is 11.0. The van der Waals surface area contributed by atoms with E-state index in [2.05, 4.69) is 152 Å². The van der Waals surface area contributed by atoms with Crippen LogP contribution in [-0.4, -0.2) is 15.0 Å². The highest BCUT2D eigenvalue weighted by atomic mass is 16.3. The molecule has 0 spiro atoms. The lowest BCUT2D eigenvalue weighted by Gasteiger charge is -2.11. The molecule has 1 aliphatic rings. The van der Waals surface area contributed by atoms with Gasteiger partial charge in [0.2, 0.25) is 0 Å². The Kier molecular flexibility index (Phi) is 5.74. The quantitative estimate of drug-likeness (QED) is 0.175. The highest BCUT2D eigenvalue weighted by Crippen LogP contribution is 2.52. The topological polar surface area (TPSA) is 51.8 Å². The zero-order chi connectivity index (χ0) is 34.6. The number of nitrogens with zero attached hydrogens (tertiary/aromatic N) is 3. The summed E-state index contributed by atoms with van der Waals surface area (Å²) in [5, 5.41) is 11.7. The Bertz CT molecular complexity index is 3350. The second-order valence-corrected chi connectivity index (χ2v) is 13.9. The van der Waals surface area contributed by atoms with Crippen LogP contribution >= 0.6 is 0 Å². The zero-order valence-corrected chi connectivity index (χ0v) is 28.3. The molecule has 0 unspecified atom stereocenters. The lowest BCUT2D eigenvalue weighted by atomic mass is 9.98. The number of aromatic nitrogens is 3. The van der Waals surface area contributed by atoms with Gasteiger partial charge < -0.3 is 4.42 Å².